The van der Waals surface area contributed by atoms with E-state index in [1.54, 1.807) is 0 Å². The zero-order chi connectivity index (χ0) is 12.3. The van der Waals surface area contributed by atoms with Crippen LogP contribution in [0.3, 0.4) is 0 Å². The van der Waals surface area contributed by atoms with Gasteiger partial charge in [0.15, 0.2) is 0 Å². The molecular weight excluding hydrogens is 218 g/mol. The fourth-order valence-corrected chi connectivity index (χ4v) is 2.71. The minimum atomic E-state index is -0.843. The van der Waals surface area contributed by atoms with Crippen molar-refractivity contribution >= 4 is 11.9 Å². The Kier molecular flexibility index (Phi) is 3.82. The first-order chi connectivity index (χ1) is 8.20. The van der Waals surface area contributed by atoms with Gasteiger partial charge in [0.1, 0.15) is 0 Å². The number of hydrogen-bond acceptors (Lipinski definition) is 2. The summed E-state index contributed by atoms with van der Waals surface area (Å²) in [5.74, 6) is -1.68. The van der Waals surface area contributed by atoms with Gasteiger partial charge in [0.05, 0.1) is 11.8 Å². The maximum Gasteiger partial charge on any atom is 0.307 e. The molecule has 1 heterocycles. The van der Waals surface area contributed by atoms with Gasteiger partial charge in [0.2, 0.25) is 5.91 Å². The Morgan fingerprint density at radius 1 is 1.00 bits per heavy atom. The summed E-state index contributed by atoms with van der Waals surface area (Å²) in [5.41, 5.74) is 0. The maximum atomic E-state index is 12.3. The van der Waals surface area contributed by atoms with E-state index in [1.165, 1.54) is 6.42 Å². The van der Waals surface area contributed by atoms with E-state index in [0.29, 0.717) is 12.8 Å². The van der Waals surface area contributed by atoms with Gasteiger partial charge in [-0.05, 0) is 32.1 Å². The Bertz CT molecular complexity index is 332. The van der Waals surface area contributed by atoms with Crippen LogP contribution in [0.5, 0.6) is 0 Å². The van der Waals surface area contributed by atoms with Crippen LogP contribution in [0.15, 0.2) is 12.2 Å². The van der Waals surface area contributed by atoms with E-state index in [9.17, 15) is 9.59 Å². The largest absolute Gasteiger partial charge is 0.481 e. The van der Waals surface area contributed by atoms with E-state index in [2.05, 4.69) is 0 Å². The topological polar surface area (TPSA) is 57.6 Å². The number of likely N-dealkylation sites (tertiary alicyclic amines) is 1. The molecule has 2 aliphatic rings. The number of piperidine rings is 1. The summed E-state index contributed by atoms with van der Waals surface area (Å²) in [6.07, 6.45) is 8.14. The fraction of sp³-hybridized carbons (Fsp3) is 0.692. The van der Waals surface area contributed by atoms with Crippen LogP contribution in [0.2, 0.25) is 0 Å². The summed E-state index contributed by atoms with van der Waals surface area (Å²) in [7, 11) is 0. The number of carbonyl (C=O) groups excluding carboxylic acids is 1. The highest BCUT2D eigenvalue weighted by Crippen LogP contribution is 2.28. The van der Waals surface area contributed by atoms with Gasteiger partial charge in [0.25, 0.3) is 0 Å². The van der Waals surface area contributed by atoms with Crippen molar-refractivity contribution in [2.45, 2.75) is 32.1 Å². The molecule has 1 aliphatic heterocycles. The summed E-state index contributed by atoms with van der Waals surface area (Å²) in [4.78, 5) is 25.3. The normalized spacial score (nSPS) is 29.1. The predicted octanol–water partition coefficient (Wildman–Crippen LogP) is 1.67. The van der Waals surface area contributed by atoms with Gasteiger partial charge in [-0.2, -0.15) is 0 Å². The van der Waals surface area contributed by atoms with E-state index in [0.717, 1.165) is 25.9 Å². The average Bonchev–Trinajstić information content (AvgIpc) is 2.39. The van der Waals surface area contributed by atoms with E-state index >= 15 is 0 Å². The molecule has 0 aromatic carbocycles. The number of amides is 1. The van der Waals surface area contributed by atoms with Crippen molar-refractivity contribution in [3.8, 4) is 0 Å². The average molecular weight is 237 g/mol. The Labute approximate surface area is 101 Å². The van der Waals surface area contributed by atoms with Crippen molar-refractivity contribution < 1.29 is 14.7 Å². The van der Waals surface area contributed by atoms with E-state index in [-0.39, 0.29) is 11.8 Å². The second-order valence-corrected chi connectivity index (χ2v) is 4.88. The van der Waals surface area contributed by atoms with Crippen molar-refractivity contribution in [3.63, 3.8) is 0 Å². The van der Waals surface area contributed by atoms with Crippen LogP contribution in [-0.2, 0) is 9.59 Å². The molecule has 4 heteroatoms. The lowest BCUT2D eigenvalue weighted by Gasteiger charge is -2.33. The van der Waals surface area contributed by atoms with Crippen molar-refractivity contribution in [1.29, 1.82) is 0 Å². The minimum Gasteiger partial charge on any atom is -0.481 e. The number of allylic oxidation sites excluding steroid dienone is 2. The zero-order valence-electron chi connectivity index (χ0n) is 9.97. The number of nitrogens with zero attached hydrogens (tertiary/aromatic N) is 1. The van der Waals surface area contributed by atoms with Gasteiger partial charge in [0, 0.05) is 13.1 Å². The van der Waals surface area contributed by atoms with Crippen LogP contribution in [0.1, 0.15) is 32.1 Å². The number of aliphatic carboxylic acids is 1. The van der Waals surface area contributed by atoms with Gasteiger partial charge >= 0.3 is 5.97 Å². The summed E-state index contributed by atoms with van der Waals surface area (Å²) < 4.78 is 0. The third-order valence-corrected chi connectivity index (χ3v) is 3.73. The highest BCUT2D eigenvalue weighted by Gasteiger charge is 2.36. The second kappa shape index (κ2) is 5.34. The molecule has 0 bridgehead atoms. The molecule has 0 unspecified atom stereocenters. The minimum absolute atomic E-state index is 0.0430. The van der Waals surface area contributed by atoms with Gasteiger partial charge in [-0.15, -0.1) is 0 Å². The Hall–Kier alpha value is -1.32. The third kappa shape index (κ3) is 2.68. The lowest BCUT2D eigenvalue weighted by molar-refractivity contribution is -0.151. The summed E-state index contributed by atoms with van der Waals surface area (Å²) >= 11 is 0. The van der Waals surface area contributed by atoms with Crippen LogP contribution in [0.25, 0.3) is 0 Å². The molecule has 4 nitrogen and oxygen atoms in total. The molecule has 0 aromatic heterocycles. The predicted molar refractivity (Wildman–Crippen MR) is 63.4 cm³/mol. The Balaban J connectivity index is 2.05. The summed E-state index contributed by atoms with van der Waals surface area (Å²) in [5, 5.41) is 9.15. The van der Waals surface area contributed by atoms with Crippen LogP contribution in [0, 0.1) is 11.8 Å². The molecule has 0 spiro atoms. The second-order valence-electron chi connectivity index (χ2n) is 4.88. The lowest BCUT2D eigenvalue weighted by Crippen LogP contribution is -2.44. The highest BCUT2D eigenvalue weighted by atomic mass is 16.4. The smallest absolute Gasteiger partial charge is 0.307 e. The quantitative estimate of drug-likeness (QED) is 0.743. The summed E-state index contributed by atoms with van der Waals surface area (Å²) in [6.45, 7) is 1.59. The number of rotatable bonds is 2. The van der Waals surface area contributed by atoms with E-state index in [1.807, 2.05) is 17.1 Å². The first-order valence-corrected chi connectivity index (χ1v) is 6.36. The van der Waals surface area contributed by atoms with Gasteiger partial charge in [-0.25, -0.2) is 0 Å². The molecule has 2 atom stereocenters. The van der Waals surface area contributed by atoms with Crippen LogP contribution in [0.4, 0.5) is 0 Å². The molecule has 17 heavy (non-hydrogen) atoms. The van der Waals surface area contributed by atoms with E-state index < -0.39 is 11.9 Å². The van der Waals surface area contributed by atoms with Gasteiger partial charge in [-0.1, -0.05) is 12.2 Å². The molecule has 0 saturated carbocycles. The Morgan fingerprint density at radius 3 is 2.18 bits per heavy atom. The van der Waals surface area contributed by atoms with Crippen molar-refractivity contribution in [2.24, 2.45) is 11.8 Å². The van der Waals surface area contributed by atoms with Crippen LogP contribution >= 0.6 is 0 Å². The standard InChI is InChI=1S/C13H19NO3/c15-12(14-8-4-1-5-9-14)10-6-2-3-7-11(10)13(16)17/h2-3,10-11H,1,4-9H2,(H,16,17)/t10-,11-/m1/s1. The molecule has 1 fully saturated rings. The van der Waals surface area contributed by atoms with Crippen LogP contribution in [-0.4, -0.2) is 35.0 Å². The molecule has 1 saturated heterocycles. The first kappa shape index (κ1) is 12.1. The highest BCUT2D eigenvalue weighted by molar-refractivity contribution is 5.85. The van der Waals surface area contributed by atoms with Crippen molar-refractivity contribution in [2.75, 3.05) is 13.1 Å². The molecule has 1 amide bonds. The molecule has 1 N–H and O–H groups in total. The molecule has 1 aliphatic carbocycles. The third-order valence-electron chi connectivity index (χ3n) is 3.73. The monoisotopic (exact) mass is 237 g/mol. The van der Waals surface area contributed by atoms with E-state index in [4.69, 9.17) is 5.11 Å². The number of carboxylic acid groups (broad SMARTS) is 1. The lowest BCUT2D eigenvalue weighted by atomic mass is 9.82. The summed E-state index contributed by atoms with van der Waals surface area (Å²) in [6, 6.07) is 0. The SMILES string of the molecule is O=C(O)[C@@H]1CC=CC[C@H]1C(=O)N1CCCCC1. The molecule has 0 aromatic rings. The number of carboxylic acids is 1. The molecule has 0 radical (unpaired) electrons. The fourth-order valence-electron chi connectivity index (χ4n) is 2.71. The first-order valence-electron chi connectivity index (χ1n) is 6.36. The van der Waals surface area contributed by atoms with Crippen molar-refractivity contribution in [1.82, 2.24) is 4.90 Å². The Morgan fingerprint density at radius 2 is 1.59 bits per heavy atom. The van der Waals surface area contributed by atoms with Crippen molar-refractivity contribution in [3.05, 3.63) is 12.2 Å². The van der Waals surface area contributed by atoms with Gasteiger partial charge in [-0.3, -0.25) is 9.59 Å². The van der Waals surface area contributed by atoms with Gasteiger partial charge < -0.3 is 10.0 Å². The molecular formula is C13H19NO3. The number of hydrogen-bond donors (Lipinski definition) is 1. The number of carbonyl (C=O) groups is 2. The molecule has 94 valence electrons. The molecule has 2 rings (SSSR count). The zero-order valence-corrected chi connectivity index (χ0v) is 9.97. The maximum absolute atomic E-state index is 12.3. The van der Waals surface area contributed by atoms with Crippen LogP contribution < -0.4 is 0 Å².